The second-order valence-corrected chi connectivity index (χ2v) is 9.10. The maximum atomic E-state index is 12.9. The first-order chi connectivity index (χ1) is 16.1. The van der Waals surface area contributed by atoms with Crippen LogP contribution in [0.5, 0.6) is 0 Å². The van der Waals surface area contributed by atoms with Gasteiger partial charge in [0, 0.05) is 36.5 Å². The Labute approximate surface area is 199 Å². The van der Waals surface area contributed by atoms with Crippen molar-refractivity contribution in [3.8, 4) is 0 Å². The summed E-state index contributed by atoms with van der Waals surface area (Å²) in [5.41, 5.74) is 3.19. The average Bonchev–Trinajstić information content (AvgIpc) is 3.48. The Morgan fingerprint density at radius 2 is 1.94 bits per heavy atom. The van der Waals surface area contributed by atoms with Gasteiger partial charge in [0.05, 0.1) is 6.42 Å². The van der Waals surface area contributed by atoms with Crippen LogP contribution in [0.25, 0.3) is 10.9 Å². The molecular weight excluding hydrogens is 434 g/mol. The van der Waals surface area contributed by atoms with Gasteiger partial charge >= 0.3 is 0 Å². The molecule has 0 saturated heterocycles. The molecular formula is C26H33N3O3S. The van der Waals surface area contributed by atoms with Crippen LogP contribution in [0, 0.1) is 0 Å². The number of nitrogens with one attached hydrogen (secondary N) is 3. The highest BCUT2D eigenvalue weighted by atomic mass is 32.1. The summed E-state index contributed by atoms with van der Waals surface area (Å²) in [6.45, 7) is 2.38. The molecule has 0 aliphatic carbocycles. The van der Waals surface area contributed by atoms with Crippen LogP contribution in [0.1, 0.15) is 56.6 Å². The Balaban J connectivity index is 1.51. The van der Waals surface area contributed by atoms with Crippen LogP contribution in [-0.2, 0) is 27.2 Å². The second-order valence-electron chi connectivity index (χ2n) is 8.32. The number of amides is 2. The SMILES string of the molecule is CCC(=O)CCCCC[C@H](NC(=O)Cc1ccsc1)C(=O)NCCc1c[nH]c2ccccc12. The number of para-hydroxylation sites is 1. The number of benzene rings is 1. The number of hydrogen-bond acceptors (Lipinski definition) is 4. The van der Waals surface area contributed by atoms with Gasteiger partial charge in [0.25, 0.3) is 0 Å². The van der Waals surface area contributed by atoms with Crippen molar-refractivity contribution in [1.29, 1.82) is 0 Å². The molecule has 1 atom stereocenters. The van der Waals surface area contributed by atoms with Crippen molar-refractivity contribution in [2.75, 3.05) is 6.54 Å². The number of unbranched alkanes of at least 4 members (excludes halogenated alkanes) is 2. The van der Waals surface area contributed by atoms with E-state index in [9.17, 15) is 14.4 Å². The fraction of sp³-hybridized carbons (Fsp3) is 0.423. The fourth-order valence-corrected chi connectivity index (χ4v) is 4.57. The van der Waals surface area contributed by atoms with Gasteiger partial charge in [-0.15, -0.1) is 0 Å². The van der Waals surface area contributed by atoms with E-state index < -0.39 is 6.04 Å². The van der Waals surface area contributed by atoms with E-state index in [1.807, 2.05) is 48.1 Å². The van der Waals surface area contributed by atoms with Crippen molar-refractivity contribution in [3.05, 3.63) is 58.4 Å². The monoisotopic (exact) mass is 467 g/mol. The third-order valence-electron chi connectivity index (χ3n) is 5.81. The number of H-pyrrole nitrogens is 1. The van der Waals surface area contributed by atoms with Crippen molar-refractivity contribution in [2.45, 2.75) is 64.3 Å². The zero-order valence-electron chi connectivity index (χ0n) is 19.2. The molecule has 2 heterocycles. The van der Waals surface area contributed by atoms with Crippen molar-refractivity contribution >= 4 is 39.8 Å². The number of aromatic amines is 1. The van der Waals surface area contributed by atoms with Crippen LogP contribution < -0.4 is 10.6 Å². The minimum atomic E-state index is -0.569. The molecule has 33 heavy (non-hydrogen) atoms. The maximum Gasteiger partial charge on any atom is 0.242 e. The van der Waals surface area contributed by atoms with Gasteiger partial charge in [-0.2, -0.15) is 11.3 Å². The minimum Gasteiger partial charge on any atom is -0.361 e. The number of carbonyl (C=O) groups is 3. The zero-order chi connectivity index (χ0) is 23.5. The molecule has 3 N–H and O–H groups in total. The first-order valence-corrected chi connectivity index (χ1v) is 12.7. The smallest absolute Gasteiger partial charge is 0.242 e. The first-order valence-electron chi connectivity index (χ1n) is 11.7. The highest BCUT2D eigenvalue weighted by Gasteiger charge is 2.20. The molecule has 0 saturated carbocycles. The first kappa shape index (κ1) is 24.7. The van der Waals surface area contributed by atoms with Crippen molar-refractivity contribution in [2.24, 2.45) is 0 Å². The van der Waals surface area contributed by atoms with Gasteiger partial charge in [-0.25, -0.2) is 0 Å². The number of fused-ring (bicyclic) bond motifs is 1. The van der Waals surface area contributed by atoms with Gasteiger partial charge < -0.3 is 15.6 Å². The summed E-state index contributed by atoms with van der Waals surface area (Å²) < 4.78 is 0. The number of aromatic nitrogens is 1. The third-order valence-corrected chi connectivity index (χ3v) is 6.54. The molecule has 3 aromatic rings. The predicted octanol–water partition coefficient (Wildman–Crippen LogP) is 4.55. The van der Waals surface area contributed by atoms with Crippen LogP contribution in [0.3, 0.4) is 0 Å². The molecule has 0 bridgehead atoms. The third kappa shape index (κ3) is 7.86. The Morgan fingerprint density at radius 1 is 1.09 bits per heavy atom. The average molecular weight is 468 g/mol. The molecule has 6 nitrogen and oxygen atoms in total. The fourth-order valence-electron chi connectivity index (χ4n) is 3.90. The normalized spacial score (nSPS) is 11.9. The van der Waals surface area contributed by atoms with Gasteiger partial charge in [0.15, 0.2) is 0 Å². The Hall–Kier alpha value is -2.93. The molecule has 2 amide bonds. The van der Waals surface area contributed by atoms with Gasteiger partial charge in [-0.05, 0) is 53.3 Å². The van der Waals surface area contributed by atoms with E-state index in [1.54, 1.807) is 11.3 Å². The minimum absolute atomic E-state index is 0.147. The topological polar surface area (TPSA) is 91.1 Å². The standard InChI is InChI=1S/C26H33N3O3S/c1-2-21(30)8-4-3-5-11-24(29-25(31)16-19-13-15-33-18-19)26(32)27-14-12-20-17-28-23-10-7-6-9-22(20)23/h6-7,9-10,13,15,17-18,24,28H,2-5,8,11-12,14,16H2,1H3,(H,27,32)(H,29,31)/t24-/m0/s1. The largest absolute Gasteiger partial charge is 0.361 e. The Morgan fingerprint density at radius 3 is 2.73 bits per heavy atom. The molecule has 0 spiro atoms. The molecule has 0 aliphatic heterocycles. The number of Topliss-reactive ketones (excluding diaryl/α,β-unsaturated/α-hetero) is 1. The molecule has 176 valence electrons. The number of ketones is 1. The van der Waals surface area contributed by atoms with Gasteiger partial charge in [-0.3, -0.25) is 14.4 Å². The van der Waals surface area contributed by atoms with E-state index in [0.29, 0.717) is 32.2 Å². The number of hydrogen-bond donors (Lipinski definition) is 3. The molecule has 1 aromatic carbocycles. The number of carbonyl (C=O) groups excluding carboxylic acids is 3. The van der Waals surface area contributed by atoms with E-state index in [0.717, 1.165) is 41.3 Å². The lowest BCUT2D eigenvalue weighted by molar-refractivity contribution is -0.128. The number of thiophene rings is 1. The summed E-state index contributed by atoms with van der Waals surface area (Å²) in [7, 11) is 0. The molecule has 0 unspecified atom stereocenters. The highest BCUT2D eigenvalue weighted by molar-refractivity contribution is 7.08. The summed E-state index contributed by atoms with van der Waals surface area (Å²) in [5.74, 6) is -0.0323. The summed E-state index contributed by atoms with van der Waals surface area (Å²) in [4.78, 5) is 40.2. The summed E-state index contributed by atoms with van der Waals surface area (Å²) in [6, 6.07) is 9.45. The van der Waals surface area contributed by atoms with E-state index >= 15 is 0 Å². The Kier molecular flexibility index (Phi) is 9.69. The van der Waals surface area contributed by atoms with Crippen molar-refractivity contribution in [3.63, 3.8) is 0 Å². The second kappa shape index (κ2) is 12.9. The molecule has 3 rings (SSSR count). The van der Waals surface area contributed by atoms with Gasteiger partial charge in [-0.1, -0.05) is 38.0 Å². The van der Waals surface area contributed by atoms with Crippen LogP contribution in [0.4, 0.5) is 0 Å². The lowest BCUT2D eigenvalue weighted by Gasteiger charge is -2.18. The van der Waals surface area contributed by atoms with E-state index in [1.165, 1.54) is 0 Å². The summed E-state index contributed by atoms with van der Waals surface area (Å²) >= 11 is 1.55. The van der Waals surface area contributed by atoms with Gasteiger partial charge in [0.2, 0.25) is 11.8 Å². The molecule has 0 radical (unpaired) electrons. The molecule has 0 aliphatic rings. The van der Waals surface area contributed by atoms with Crippen molar-refractivity contribution < 1.29 is 14.4 Å². The van der Waals surface area contributed by atoms with E-state index in [-0.39, 0.29) is 24.0 Å². The maximum absolute atomic E-state index is 12.9. The lowest BCUT2D eigenvalue weighted by atomic mass is 10.0. The molecule has 7 heteroatoms. The molecule has 2 aromatic heterocycles. The molecule has 0 fully saturated rings. The highest BCUT2D eigenvalue weighted by Crippen LogP contribution is 2.17. The van der Waals surface area contributed by atoms with Gasteiger partial charge in [0.1, 0.15) is 11.8 Å². The van der Waals surface area contributed by atoms with Crippen LogP contribution in [0.15, 0.2) is 47.3 Å². The van der Waals surface area contributed by atoms with E-state index in [2.05, 4.69) is 21.7 Å². The zero-order valence-corrected chi connectivity index (χ0v) is 20.0. The quantitative estimate of drug-likeness (QED) is 0.304. The van der Waals surface area contributed by atoms with Crippen molar-refractivity contribution in [1.82, 2.24) is 15.6 Å². The predicted molar refractivity (Wildman–Crippen MR) is 133 cm³/mol. The van der Waals surface area contributed by atoms with Crippen LogP contribution in [0.2, 0.25) is 0 Å². The Bertz CT molecular complexity index is 1040. The summed E-state index contributed by atoms with van der Waals surface area (Å²) in [6.07, 6.45) is 7.16. The lowest BCUT2D eigenvalue weighted by Crippen LogP contribution is -2.47. The summed E-state index contributed by atoms with van der Waals surface area (Å²) in [5, 5.41) is 11.0. The number of rotatable bonds is 14. The van der Waals surface area contributed by atoms with Crippen LogP contribution >= 0.6 is 11.3 Å². The van der Waals surface area contributed by atoms with Crippen LogP contribution in [-0.4, -0.2) is 35.2 Å². The van der Waals surface area contributed by atoms with E-state index in [4.69, 9.17) is 0 Å².